The number of nitrogens with zero attached hydrogens (tertiary/aromatic N) is 2. The molecule has 2 aromatic carbocycles. The SMILES string of the molecule is CN1CCN2C[C@@H](NC(=O)c3ccc(-c4ccc(O)cc4)cc3)C[C@H]2C1. The molecular weight excluding hydrogens is 326 g/mol. The number of amides is 1. The molecule has 1 amide bonds. The van der Waals surface area contributed by atoms with Crippen LogP contribution in [0.5, 0.6) is 5.75 Å². The molecule has 5 heteroatoms. The molecule has 2 aliphatic heterocycles. The van der Waals surface area contributed by atoms with Crippen LogP contribution < -0.4 is 5.32 Å². The van der Waals surface area contributed by atoms with Crippen molar-refractivity contribution in [1.82, 2.24) is 15.1 Å². The fourth-order valence-electron chi connectivity index (χ4n) is 4.04. The molecule has 136 valence electrons. The summed E-state index contributed by atoms with van der Waals surface area (Å²) in [6.45, 7) is 4.24. The van der Waals surface area contributed by atoms with Crippen molar-refractivity contribution >= 4 is 5.91 Å². The molecule has 0 unspecified atom stereocenters. The number of rotatable bonds is 3. The maximum absolute atomic E-state index is 12.6. The van der Waals surface area contributed by atoms with Gasteiger partial charge in [-0.15, -0.1) is 0 Å². The molecule has 0 saturated carbocycles. The van der Waals surface area contributed by atoms with Crippen molar-refractivity contribution in [3.8, 4) is 16.9 Å². The first-order chi connectivity index (χ1) is 12.6. The Morgan fingerprint density at radius 1 is 1.00 bits per heavy atom. The van der Waals surface area contributed by atoms with Crippen molar-refractivity contribution in [2.45, 2.75) is 18.5 Å². The van der Waals surface area contributed by atoms with Crippen LogP contribution in [0.1, 0.15) is 16.8 Å². The number of likely N-dealkylation sites (N-methyl/N-ethyl adjacent to an activating group) is 1. The predicted octanol–water partition coefficient (Wildman–Crippen LogP) is 2.18. The van der Waals surface area contributed by atoms with Gasteiger partial charge in [-0.05, 0) is 48.9 Å². The van der Waals surface area contributed by atoms with Gasteiger partial charge in [-0.3, -0.25) is 9.69 Å². The fraction of sp³-hybridized carbons (Fsp3) is 0.381. The van der Waals surface area contributed by atoms with Crippen molar-refractivity contribution in [3.05, 3.63) is 54.1 Å². The van der Waals surface area contributed by atoms with Gasteiger partial charge in [-0.25, -0.2) is 0 Å². The lowest BCUT2D eigenvalue weighted by atomic mass is 10.0. The number of hydrogen-bond acceptors (Lipinski definition) is 4. The van der Waals surface area contributed by atoms with E-state index in [9.17, 15) is 9.90 Å². The highest BCUT2D eigenvalue weighted by atomic mass is 16.3. The smallest absolute Gasteiger partial charge is 0.251 e. The summed E-state index contributed by atoms with van der Waals surface area (Å²) in [7, 11) is 2.17. The van der Waals surface area contributed by atoms with E-state index in [1.54, 1.807) is 12.1 Å². The molecule has 2 aliphatic rings. The second kappa shape index (κ2) is 7.09. The molecule has 2 heterocycles. The molecule has 2 saturated heterocycles. The Balaban J connectivity index is 1.38. The number of fused-ring (bicyclic) bond motifs is 1. The normalized spacial score (nSPS) is 23.6. The molecule has 2 N–H and O–H groups in total. The average Bonchev–Trinajstić information content (AvgIpc) is 3.03. The second-order valence-corrected chi connectivity index (χ2v) is 7.44. The summed E-state index contributed by atoms with van der Waals surface area (Å²) in [6.07, 6.45) is 1.03. The van der Waals surface area contributed by atoms with Gasteiger partial charge in [-0.2, -0.15) is 0 Å². The standard InChI is InChI=1S/C21H25N3O2/c1-23-10-11-24-13-18(12-19(24)14-23)22-21(26)17-4-2-15(3-5-17)16-6-8-20(25)9-7-16/h2-9,18-19,25H,10-14H2,1H3,(H,22,26)/t18-,19-/m0/s1. The van der Waals surface area contributed by atoms with Crippen LogP contribution in [0.2, 0.25) is 0 Å². The fourth-order valence-corrected chi connectivity index (χ4v) is 4.04. The number of carbonyl (C=O) groups is 1. The van der Waals surface area contributed by atoms with Crippen molar-refractivity contribution in [2.24, 2.45) is 0 Å². The number of piperazine rings is 1. The highest BCUT2D eigenvalue weighted by molar-refractivity contribution is 5.94. The highest BCUT2D eigenvalue weighted by Gasteiger charge is 2.35. The monoisotopic (exact) mass is 351 g/mol. The summed E-state index contributed by atoms with van der Waals surface area (Å²) >= 11 is 0. The molecular formula is C21H25N3O2. The molecule has 0 spiro atoms. The van der Waals surface area contributed by atoms with E-state index in [0.29, 0.717) is 11.6 Å². The van der Waals surface area contributed by atoms with Gasteiger partial charge in [-0.1, -0.05) is 24.3 Å². The van der Waals surface area contributed by atoms with Gasteiger partial charge in [0, 0.05) is 43.8 Å². The second-order valence-electron chi connectivity index (χ2n) is 7.44. The zero-order valence-electron chi connectivity index (χ0n) is 15.1. The lowest BCUT2D eigenvalue weighted by Crippen LogP contribution is -2.48. The van der Waals surface area contributed by atoms with E-state index in [1.807, 2.05) is 36.4 Å². The number of phenols is 1. The molecule has 0 radical (unpaired) electrons. The molecule has 0 bridgehead atoms. The summed E-state index contributed by atoms with van der Waals surface area (Å²) in [5.41, 5.74) is 2.74. The molecule has 2 aromatic rings. The Hall–Kier alpha value is -2.37. The molecule has 2 fully saturated rings. The first-order valence-electron chi connectivity index (χ1n) is 9.21. The summed E-state index contributed by atoms with van der Waals surface area (Å²) in [6, 6.07) is 15.5. The van der Waals surface area contributed by atoms with Gasteiger partial charge < -0.3 is 15.3 Å². The Bertz CT molecular complexity index is 773. The van der Waals surface area contributed by atoms with Crippen molar-refractivity contribution < 1.29 is 9.90 Å². The van der Waals surface area contributed by atoms with E-state index >= 15 is 0 Å². The third-order valence-corrected chi connectivity index (χ3v) is 5.50. The zero-order valence-corrected chi connectivity index (χ0v) is 15.1. The molecule has 5 nitrogen and oxygen atoms in total. The van der Waals surface area contributed by atoms with Gasteiger partial charge in [0.25, 0.3) is 5.91 Å². The summed E-state index contributed by atoms with van der Waals surface area (Å²) < 4.78 is 0. The maximum atomic E-state index is 12.6. The number of benzene rings is 2. The van der Waals surface area contributed by atoms with Crippen LogP contribution in [0.4, 0.5) is 0 Å². The number of nitrogens with one attached hydrogen (secondary N) is 1. The molecule has 4 rings (SSSR count). The van der Waals surface area contributed by atoms with Crippen LogP contribution in [0.15, 0.2) is 48.5 Å². The maximum Gasteiger partial charge on any atom is 0.251 e. The average molecular weight is 351 g/mol. The largest absolute Gasteiger partial charge is 0.508 e. The number of phenolic OH excluding ortho intramolecular Hbond substituents is 1. The first-order valence-corrected chi connectivity index (χ1v) is 9.21. The van der Waals surface area contributed by atoms with Crippen LogP contribution in [0.25, 0.3) is 11.1 Å². The Morgan fingerprint density at radius 3 is 2.35 bits per heavy atom. The van der Waals surface area contributed by atoms with Crippen LogP contribution in [-0.4, -0.2) is 66.1 Å². The Kier molecular flexibility index (Phi) is 4.66. The van der Waals surface area contributed by atoms with Gasteiger partial charge in [0.1, 0.15) is 5.75 Å². The van der Waals surface area contributed by atoms with E-state index < -0.39 is 0 Å². The van der Waals surface area contributed by atoms with Crippen molar-refractivity contribution in [3.63, 3.8) is 0 Å². The van der Waals surface area contributed by atoms with Gasteiger partial charge in [0.15, 0.2) is 0 Å². The van der Waals surface area contributed by atoms with Crippen LogP contribution >= 0.6 is 0 Å². The minimum Gasteiger partial charge on any atom is -0.508 e. The number of carbonyl (C=O) groups excluding carboxylic acids is 1. The minimum atomic E-state index is 0.000424. The van der Waals surface area contributed by atoms with E-state index in [0.717, 1.165) is 43.7 Å². The van der Waals surface area contributed by atoms with E-state index in [-0.39, 0.29) is 17.7 Å². The van der Waals surface area contributed by atoms with Crippen molar-refractivity contribution in [1.29, 1.82) is 0 Å². The molecule has 2 atom stereocenters. The minimum absolute atomic E-state index is 0.000424. The molecule has 26 heavy (non-hydrogen) atoms. The van der Waals surface area contributed by atoms with E-state index in [4.69, 9.17) is 0 Å². The van der Waals surface area contributed by atoms with Gasteiger partial charge >= 0.3 is 0 Å². The van der Waals surface area contributed by atoms with E-state index in [2.05, 4.69) is 22.2 Å². The third-order valence-electron chi connectivity index (χ3n) is 5.50. The first kappa shape index (κ1) is 17.1. The summed E-state index contributed by atoms with van der Waals surface area (Å²) in [5, 5.41) is 12.6. The predicted molar refractivity (Wildman–Crippen MR) is 102 cm³/mol. The van der Waals surface area contributed by atoms with Gasteiger partial charge in [0.2, 0.25) is 0 Å². The van der Waals surface area contributed by atoms with Crippen LogP contribution in [-0.2, 0) is 0 Å². The van der Waals surface area contributed by atoms with Gasteiger partial charge in [0.05, 0.1) is 0 Å². The topological polar surface area (TPSA) is 55.8 Å². The van der Waals surface area contributed by atoms with E-state index in [1.165, 1.54) is 0 Å². The Labute approximate surface area is 154 Å². The molecule has 0 aliphatic carbocycles. The van der Waals surface area contributed by atoms with Crippen molar-refractivity contribution in [2.75, 3.05) is 33.2 Å². The number of hydrogen-bond donors (Lipinski definition) is 2. The number of aromatic hydroxyl groups is 1. The summed E-state index contributed by atoms with van der Waals surface area (Å²) in [4.78, 5) is 17.5. The lowest BCUT2D eigenvalue weighted by Gasteiger charge is -2.34. The Morgan fingerprint density at radius 2 is 1.65 bits per heavy atom. The highest BCUT2D eigenvalue weighted by Crippen LogP contribution is 2.24. The molecule has 0 aromatic heterocycles. The van der Waals surface area contributed by atoms with Crippen LogP contribution in [0.3, 0.4) is 0 Å². The van der Waals surface area contributed by atoms with Crippen LogP contribution in [0, 0.1) is 0 Å². The third kappa shape index (κ3) is 3.59. The lowest BCUT2D eigenvalue weighted by molar-refractivity contribution is 0.0936. The summed E-state index contributed by atoms with van der Waals surface area (Å²) in [5.74, 6) is 0.254. The zero-order chi connectivity index (χ0) is 18.1. The quantitative estimate of drug-likeness (QED) is 0.890.